The number of morpholine rings is 1. The third kappa shape index (κ3) is 5.30. The van der Waals surface area contributed by atoms with Crippen LogP contribution >= 0.6 is 0 Å². The molecule has 0 aliphatic carbocycles. The molecule has 1 aromatic heterocycles. The predicted octanol–water partition coefficient (Wildman–Crippen LogP) is 1.43. The fraction of sp³-hybridized carbons (Fsp3) is 0.714. The molecule has 6 nitrogen and oxygen atoms in total. The molecule has 1 aliphatic rings. The normalized spacial score (nSPS) is 16.1. The SMILES string of the molecule is CCCNc1nccc(NCCCN2CCOCC2)n1. The Hall–Kier alpha value is -1.40. The Morgan fingerprint density at radius 2 is 2.10 bits per heavy atom. The van der Waals surface area contributed by atoms with Crippen molar-refractivity contribution in [1.82, 2.24) is 14.9 Å². The first-order valence-electron chi connectivity index (χ1n) is 7.49. The lowest BCUT2D eigenvalue weighted by molar-refractivity contribution is 0.0378. The van der Waals surface area contributed by atoms with Crippen LogP contribution in [0.2, 0.25) is 0 Å². The molecule has 112 valence electrons. The summed E-state index contributed by atoms with van der Waals surface area (Å²) in [4.78, 5) is 11.1. The largest absolute Gasteiger partial charge is 0.379 e. The van der Waals surface area contributed by atoms with Crippen molar-refractivity contribution in [2.45, 2.75) is 19.8 Å². The molecule has 2 heterocycles. The summed E-state index contributed by atoms with van der Waals surface area (Å²) in [6.07, 6.45) is 3.97. The minimum atomic E-state index is 0.699. The topological polar surface area (TPSA) is 62.3 Å². The number of nitrogens with one attached hydrogen (secondary N) is 2. The molecule has 1 aromatic rings. The molecule has 0 atom stereocenters. The molecule has 20 heavy (non-hydrogen) atoms. The molecule has 0 bridgehead atoms. The number of hydrogen-bond acceptors (Lipinski definition) is 6. The summed E-state index contributed by atoms with van der Waals surface area (Å²) < 4.78 is 5.34. The second-order valence-electron chi connectivity index (χ2n) is 4.93. The number of aromatic nitrogens is 2. The Balaban J connectivity index is 1.65. The molecule has 2 N–H and O–H groups in total. The Morgan fingerprint density at radius 3 is 2.90 bits per heavy atom. The van der Waals surface area contributed by atoms with Gasteiger partial charge in [-0.05, 0) is 25.5 Å². The van der Waals surface area contributed by atoms with E-state index in [9.17, 15) is 0 Å². The highest BCUT2D eigenvalue weighted by atomic mass is 16.5. The van der Waals surface area contributed by atoms with Crippen molar-refractivity contribution in [2.75, 3.05) is 56.6 Å². The minimum absolute atomic E-state index is 0.699. The van der Waals surface area contributed by atoms with E-state index in [0.29, 0.717) is 5.95 Å². The number of hydrogen-bond donors (Lipinski definition) is 2. The summed E-state index contributed by atoms with van der Waals surface area (Å²) in [5.74, 6) is 1.59. The van der Waals surface area contributed by atoms with Gasteiger partial charge in [0.25, 0.3) is 0 Å². The predicted molar refractivity (Wildman–Crippen MR) is 81.2 cm³/mol. The second kappa shape index (κ2) is 8.71. The quantitative estimate of drug-likeness (QED) is 0.702. The minimum Gasteiger partial charge on any atom is -0.379 e. The van der Waals surface area contributed by atoms with Crippen molar-refractivity contribution in [2.24, 2.45) is 0 Å². The van der Waals surface area contributed by atoms with Gasteiger partial charge in [-0.25, -0.2) is 4.98 Å². The van der Waals surface area contributed by atoms with Gasteiger partial charge in [-0.3, -0.25) is 4.90 Å². The van der Waals surface area contributed by atoms with E-state index in [1.807, 2.05) is 6.07 Å². The molecule has 0 aromatic carbocycles. The first-order chi connectivity index (χ1) is 9.88. The van der Waals surface area contributed by atoms with Crippen molar-refractivity contribution in [3.8, 4) is 0 Å². The third-order valence-electron chi connectivity index (χ3n) is 3.25. The molecular formula is C14H25N5O. The van der Waals surface area contributed by atoms with Crippen LogP contribution in [0.5, 0.6) is 0 Å². The number of nitrogens with zero attached hydrogens (tertiary/aromatic N) is 3. The van der Waals surface area contributed by atoms with E-state index in [-0.39, 0.29) is 0 Å². The van der Waals surface area contributed by atoms with Gasteiger partial charge in [0.2, 0.25) is 5.95 Å². The maximum atomic E-state index is 5.34. The molecule has 2 rings (SSSR count). The van der Waals surface area contributed by atoms with Gasteiger partial charge in [0.15, 0.2) is 0 Å². The summed E-state index contributed by atoms with van der Waals surface area (Å²) in [5.41, 5.74) is 0. The second-order valence-corrected chi connectivity index (χ2v) is 4.93. The fourth-order valence-corrected chi connectivity index (χ4v) is 2.12. The number of anilines is 2. The van der Waals surface area contributed by atoms with Gasteiger partial charge in [-0.15, -0.1) is 0 Å². The maximum Gasteiger partial charge on any atom is 0.224 e. The highest BCUT2D eigenvalue weighted by Crippen LogP contribution is 2.06. The van der Waals surface area contributed by atoms with Crippen LogP contribution in [0.25, 0.3) is 0 Å². The summed E-state index contributed by atoms with van der Waals surface area (Å²) in [6.45, 7) is 8.92. The van der Waals surface area contributed by atoms with E-state index in [2.05, 4.69) is 32.4 Å². The lowest BCUT2D eigenvalue weighted by atomic mass is 10.3. The van der Waals surface area contributed by atoms with Crippen LogP contribution in [0.4, 0.5) is 11.8 Å². The smallest absolute Gasteiger partial charge is 0.224 e. The summed E-state index contributed by atoms with van der Waals surface area (Å²) in [7, 11) is 0. The Morgan fingerprint density at radius 1 is 1.25 bits per heavy atom. The lowest BCUT2D eigenvalue weighted by Gasteiger charge is -2.26. The van der Waals surface area contributed by atoms with Gasteiger partial charge < -0.3 is 15.4 Å². The molecule has 1 saturated heterocycles. The van der Waals surface area contributed by atoms with Crippen LogP contribution < -0.4 is 10.6 Å². The molecule has 0 radical (unpaired) electrons. The van der Waals surface area contributed by atoms with Crippen molar-refractivity contribution in [1.29, 1.82) is 0 Å². The molecule has 0 amide bonds. The summed E-state index contributed by atoms with van der Waals surface area (Å²) in [5, 5.41) is 6.54. The van der Waals surface area contributed by atoms with Crippen LogP contribution in [0, 0.1) is 0 Å². The van der Waals surface area contributed by atoms with Gasteiger partial charge in [-0.2, -0.15) is 4.98 Å². The van der Waals surface area contributed by atoms with E-state index in [0.717, 1.165) is 64.6 Å². The molecular weight excluding hydrogens is 254 g/mol. The molecule has 0 saturated carbocycles. The van der Waals surface area contributed by atoms with Gasteiger partial charge in [0.1, 0.15) is 5.82 Å². The molecule has 1 aliphatic heterocycles. The van der Waals surface area contributed by atoms with E-state index < -0.39 is 0 Å². The standard InChI is InChI=1S/C14H25N5O/c1-2-5-16-14-17-7-4-13(18-14)15-6-3-8-19-9-11-20-12-10-19/h4,7H,2-3,5-6,8-12H2,1H3,(H2,15,16,17,18). The highest BCUT2D eigenvalue weighted by Gasteiger charge is 2.09. The third-order valence-corrected chi connectivity index (χ3v) is 3.25. The van der Waals surface area contributed by atoms with Crippen LogP contribution in [-0.2, 0) is 4.74 Å². The van der Waals surface area contributed by atoms with Gasteiger partial charge in [-0.1, -0.05) is 6.92 Å². The molecule has 0 unspecified atom stereocenters. The monoisotopic (exact) mass is 279 g/mol. The van der Waals surface area contributed by atoms with E-state index in [1.54, 1.807) is 6.20 Å². The van der Waals surface area contributed by atoms with Crippen LogP contribution in [0.3, 0.4) is 0 Å². The Kier molecular flexibility index (Phi) is 6.53. The van der Waals surface area contributed by atoms with E-state index in [1.165, 1.54) is 0 Å². The average molecular weight is 279 g/mol. The van der Waals surface area contributed by atoms with Crippen molar-refractivity contribution >= 4 is 11.8 Å². The fourth-order valence-electron chi connectivity index (χ4n) is 2.12. The first-order valence-corrected chi connectivity index (χ1v) is 7.49. The highest BCUT2D eigenvalue weighted by molar-refractivity contribution is 5.39. The zero-order valence-electron chi connectivity index (χ0n) is 12.3. The van der Waals surface area contributed by atoms with Crippen LogP contribution in [0.1, 0.15) is 19.8 Å². The maximum absolute atomic E-state index is 5.34. The number of rotatable bonds is 8. The number of ether oxygens (including phenoxy) is 1. The molecule has 1 fully saturated rings. The van der Waals surface area contributed by atoms with Crippen LogP contribution in [-0.4, -0.2) is 60.8 Å². The first kappa shape index (κ1) is 15.0. The van der Waals surface area contributed by atoms with Gasteiger partial charge in [0.05, 0.1) is 13.2 Å². The van der Waals surface area contributed by atoms with Crippen LogP contribution in [0.15, 0.2) is 12.3 Å². The van der Waals surface area contributed by atoms with Crippen molar-refractivity contribution in [3.63, 3.8) is 0 Å². The van der Waals surface area contributed by atoms with E-state index in [4.69, 9.17) is 4.74 Å². The molecule has 0 spiro atoms. The van der Waals surface area contributed by atoms with Gasteiger partial charge >= 0.3 is 0 Å². The Bertz CT molecular complexity index is 382. The Labute approximate surface area is 120 Å². The summed E-state index contributed by atoms with van der Waals surface area (Å²) >= 11 is 0. The molecule has 6 heteroatoms. The zero-order valence-corrected chi connectivity index (χ0v) is 12.3. The lowest BCUT2D eigenvalue weighted by Crippen LogP contribution is -2.37. The van der Waals surface area contributed by atoms with Crippen molar-refractivity contribution in [3.05, 3.63) is 12.3 Å². The van der Waals surface area contributed by atoms with E-state index >= 15 is 0 Å². The van der Waals surface area contributed by atoms with Gasteiger partial charge in [0, 0.05) is 32.4 Å². The average Bonchev–Trinajstić information content (AvgIpc) is 2.51. The summed E-state index contributed by atoms with van der Waals surface area (Å²) in [6, 6.07) is 1.91. The zero-order chi connectivity index (χ0) is 14.0. The van der Waals surface area contributed by atoms with Crippen molar-refractivity contribution < 1.29 is 4.74 Å².